The Bertz CT molecular complexity index is 337. The molecule has 62 valence electrons. The standard InChI is InChI=1S/C11H13N/c1-8-6-7-11(12-2)10-5-3-4-9(8)10/h3,5-7,12H,4H2,1-2H3. The lowest BCUT2D eigenvalue weighted by atomic mass is 10.0. The van der Waals surface area contributed by atoms with Crippen molar-refractivity contribution in [2.24, 2.45) is 0 Å². The Balaban J connectivity index is 2.62. The molecule has 0 heterocycles. The number of allylic oxidation sites excluding steroid dienone is 1. The lowest BCUT2D eigenvalue weighted by Crippen LogP contribution is -1.95. The molecule has 1 N–H and O–H groups in total. The van der Waals surface area contributed by atoms with E-state index in [0.29, 0.717) is 0 Å². The maximum atomic E-state index is 3.20. The summed E-state index contributed by atoms with van der Waals surface area (Å²) in [6.07, 6.45) is 5.52. The van der Waals surface area contributed by atoms with Crippen molar-refractivity contribution in [2.75, 3.05) is 12.4 Å². The maximum absolute atomic E-state index is 3.20. The predicted octanol–water partition coefficient (Wildman–Crippen LogP) is 2.61. The Morgan fingerprint density at radius 1 is 1.33 bits per heavy atom. The minimum absolute atomic E-state index is 1.09. The number of hydrogen-bond acceptors (Lipinski definition) is 1. The van der Waals surface area contributed by atoms with Gasteiger partial charge in [0.05, 0.1) is 0 Å². The number of aryl methyl sites for hydroxylation is 1. The zero-order valence-corrected chi connectivity index (χ0v) is 7.52. The lowest BCUT2D eigenvalue weighted by molar-refractivity contribution is 1.24. The van der Waals surface area contributed by atoms with E-state index in [1.807, 2.05) is 7.05 Å². The molecular formula is C11H13N. The van der Waals surface area contributed by atoms with Gasteiger partial charge < -0.3 is 5.32 Å². The van der Waals surface area contributed by atoms with Crippen LogP contribution in [0.25, 0.3) is 6.08 Å². The Labute approximate surface area is 73.1 Å². The van der Waals surface area contributed by atoms with Crippen molar-refractivity contribution in [1.29, 1.82) is 0 Å². The highest BCUT2D eigenvalue weighted by Gasteiger charge is 2.10. The second-order valence-corrected chi connectivity index (χ2v) is 3.18. The van der Waals surface area contributed by atoms with E-state index in [9.17, 15) is 0 Å². The van der Waals surface area contributed by atoms with Crippen molar-refractivity contribution < 1.29 is 0 Å². The molecule has 1 aromatic carbocycles. The van der Waals surface area contributed by atoms with E-state index in [0.717, 1.165) is 6.42 Å². The highest BCUT2D eigenvalue weighted by Crippen LogP contribution is 2.29. The minimum Gasteiger partial charge on any atom is -0.388 e. The molecule has 0 aromatic heterocycles. The van der Waals surface area contributed by atoms with Crippen LogP contribution in [0.3, 0.4) is 0 Å². The van der Waals surface area contributed by atoms with Crippen molar-refractivity contribution in [2.45, 2.75) is 13.3 Å². The first-order valence-electron chi connectivity index (χ1n) is 4.29. The number of rotatable bonds is 1. The molecule has 0 saturated heterocycles. The molecule has 0 bridgehead atoms. The van der Waals surface area contributed by atoms with Crippen molar-refractivity contribution in [3.8, 4) is 0 Å². The average molecular weight is 159 g/mol. The largest absolute Gasteiger partial charge is 0.388 e. The first kappa shape index (κ1) is 7.41. The van der Waals surface area contributed by atoms with E-state index in [2.05, 4.69) is 36.5 Å². The molecule has 0 spiro atoms. The van der Waals surface area contributed by atoms with E-state index in [1.165, 1.54) is 22.4 Å². The van der Waals surface area contributed by atoms with Crippen molar-refractivity contribution >= 4 is 11.8 Å². The molecule has 12 heavy (non-hydrogen) atoms. The zero-order valence-electron chi connectivity index (χ0n) is 7.52. The molecule has 0 radical (unpaired) electrons. The third-order valence-electron chi connectivity index (χ3n) is 2.47. The fourth-order valence-corrected chi connectivity index (χ4v) is 1.75. The Morgan fingerprint density at radius 3 is 2.92 bits per heavy atom. The summed E-state index contributed by atoms with van der Waals surface area (Å²) >= 11 is 0. The molecule has 1 heteroatoms. The number of benzene rings is 1. The van der Waals surface area contributed by atoms with E-state index < -0.39 is 0 Å². The number of fused-ring (bicyclic) bond motifs is 1. The van der Waals surface area contributed by atoms with Crippen molar-refractivity contribution in [3.63, 3.8) is 0 Å². The summed E-state index contributed by atoms with van der Waals surface area (Å²) in [5.74, 6) is 0. The topological polar surface area (TPSA) is 12.0 Å². The van der Waals surface area contributed by atoms with Crippen LogP contribution in [0.2, 0.25) is 0 Å². The van der Waals surface area contributed by atoms with Crippen LogP contribution in [0.4, 0.5) is 5.69 Å². The van der Waals surface area contributed by atoms with Crippen LogP contribution in [0.1, 0.15) is 16.7 Å². The van der Waals surface area contributed by atoms with Gasteiger partial charge in [-0.3, -0.25) is 0 Å². The van der Waals surface area contributed by atoms with Crippen LogP contribution >= 0.6 is 0 Å². The third-order valence-corrected chi connectivity index (χ3v) is 2.47. The first-order valence-corrected chi connectivity index (χ1v) is 4.29. The Hall–Kier alpha value is -1.24. The summed E-state index contributed by atoms with van der Waals surface area (Å²) in [5, 5.41) is 3.20. The summed E-state index contributed by atoms with van der Waals surface area (Å²) in [4.78, 5) is 0. The fraction of sp³-hybridized carbons (Fsp3) is 0.273. The van der Waals surface area contributed by atoms with Gasteiger partial charge in [-0.15, -0.1) is 0 Å². The van der Waals surface area contributed by atoms with Crippen LogP contribution < -0.4 is 5.32 Å². The van der Waals surface area contributed by atoms with E-state index in [1.54, 1.807) is 0 Å². The molecule has 0 fully saturated rings. The minimum atomic E-state index is 1.09. The van der Waals surface area contributed by atoms with Gasteiger partial charge in [0, 0.05) is 18.3 Å². The van der Waals surface area contributed by atoms with Crippen LogP contribution in [-0.2, 0) is 6.42 Å². The van der Waals surface area contributed by atoms with Gasteiger partial charge in [-0.2, -0.15) is 0 Å². The lowest BCUT2D eigenvalue weighted by Gasteiger charge is -2.09. The van der Waals surface area contributed by atoms with Gasteiger partial charge in [0.15, 0.2) is 0 Å². The molecule has 0 atom stereocenters. The monoisotopic (exact) mass is 159 g/mol. The Kier molecular flexibility index (Phi) is 1.65. The zero-order chi connectivity index (χ0) is 8.55. The molecule has 0 amide bonds. The molecule has 1 aliphatic rings. The van der Waals surface area contributed by atoms with E-state index >= 15 is 0 Å². The molecule has 0 unspecified atom stereocenters. The van der Waals surface area contributed by atoms with Gasteiger partial charge in [0.25, 0.3) is 0 Å². The van der Waals surface area contributed by atoms with E-state index in [-0.39, 0.29) is 0 Å². The fourth-order valence-electron chi connectivity index (χ4n) is 1.75. The quantitative estimate of drug-likeness (QED) is 0.664. The SMILES string of the molecule is CNc1ccc(C)c2c1C=CC2. The van der Waals surface area contributed by atoms with Gasteiger partial charge in [0.1, 0.15) is 0 Å². The summed E-state index contributed by atoms with van der Waals surface area (Å²) in [7, 11) is 1.97. The van der Waals surface area contributed by atoms with Crippen LogP contribution in [0.5, 0.6) is 0 Å². The molecule has 0 saturated carbocycles. The number of hydrogen-bond donors (Lipinski definition) is 1. The van der Waals surface area contributed by atoms with Crippen LogP contribution in [0.15, 0.2) is 18.2 Å². The second kappa shape index (κ2) is 2.67. The van der Waals surface area contributed by atoms with Gasteiger partial charge in [-0.05, 0) is 30.5 Å². The predicted molar refractivity (Wildman–Crippen MR) is 53.5 cm³/mol. The first-order chi connectivity index (χ1) is 5.83. The maximum Gasteiger partial charge on any atom is 0.0414 e. The normalized spacial score (nSPS) is 13.2. The van der Waals surface area contributed by atoms with Crippen LogP contribution in [-0.4, -0.2) is 7.05 Å². The third kappa shape index (κ3) is 0.934. The second-order valence-electron chi connectivity index (χ2n) is 3.18. The summed E-state index contributed by atoms with van der Waals surface area (Å²) < 4.78 is 0. The molecule has 0 aliphatic heterocycles. The van der Waals surface area contributed by atoms with E-state index in [4.69, 9.17) is 0 Å². The molecule has 1 nitrogen and oxygen atoms in total. The van der Waals surface area contributed by atoms with Gasteiger partial charge in [-0.1, -0.05) is 18.2 Å². The van der Waals surface area contributed by atoms with Crippen LogP contribution in [0, 0.1) is 6.92 Å². The molecule has 1 aromatic rings. The van der Waals surface area contributed by atoms with Gasteiger partial charge in [0.2, 0.25) is 0 Å². The molecular weight excluding hydrogens is 146 g/mol. The average Bonchev–Trinajstić information content (AvgIpc) is 2.54. The molecule has 2 rings (SSSR count). The van der Waals surface area contributed by atoms with Crippen molar-refractivity contribution in [1.82, 2.24) is 0 Å². The number of nitrogens with one attached hydrogen (secondary N) is 1. The van der Waals surface area contributed by atoms with Gasteiger partial charge in [-0.25, -0.2) is 0 Å². The highest BCUT2D eigenvalue weighted by molar-refractivity contribution is 5.74. The number of anilines is 1. The van der Waals surface area contributed by atoms with Gasteiger partial charge >= 0.3 is 0 Å². The summed E-state index contributed by atoms with van der Waals surface area (Å²) in [6, 6.07) is 4.32. The highest BCUT2D eigenvalue weighted by atomic mass is 14.8. The Morgan fingerprint density at radius 2 is 2.17 bits per heavy atom. The summed E-state index contributed by atoms with van der Waals surface area (Å²) in [6.45, 7) is 2.17. The summed E-state index contributed by atoms with van der Waals surface area (Å²) in [5.41, 5.74) is 5.48. The smallest absolute Gasteiger partial charge is 0.0414 e. The molecule has 1 aliphatic carbocycles. The van der Waals surface area contributed by atoms with Crippen molar-refractivity contribution in [3.05, 3.63) is 34.9 Å².